The molecule has 1 saturated heterocycles. The van der Waals surface area contributed by atoms with E-state index in [1.54, 1.807) is 7.11 Å². The first-order chi connectivity index (χ1) is 5.24. The lowest BCUT2D eigenvalue weighted by atomic mass is 10.3. The van der Waals surface area contributed by atoms with Gasteiger partial charge in [-0.05, 0) is 0 Å². The number of amides is 1. The fraction of sp³-hybridized carbons (Fsp3) is 0.714. The van der Waals surface area contributed by atoms with Gasteiger partial charge in [-0.1, -0.05) is 0 Å². The van der Waals surface area contributed by atoms with Crippen LogP contribution in [0.2, 0.25) is 0 Å². The molecule has 0 N–H and O–H groups in total. The van der Waals surface area contributed by atoms with E-state index >= 15 is 0 Å². The predicted octanol–water partition coefficient (Wildman–Crippen LogP) is -0.566. The average Bonchev–Trinajstić information content (AvgIpc) is 2.26. The molecule has 0 aromatic heterocycles. The maximum Gasteiger partial charge on any atom is 0.230 e. The van der Waals surface area contributed by atoms with Crippen molar-refractivity contribution in [2.45, 2.75) is 6.42 Å². The Morgan fingerprint density at radius 2 is 2.27 bits per heavy atom. The molecule has 62 valence electrons. The highest BCUT2D eigenvalue weighted by molar-refractivity contribution is 6.05. The monoisotopic (exact) mass is 157 g/mol. The number of carbonyl (C=O) groups excluding carboxylic acids is 2. The van der Waals surface area contributed by atoms with Crippen molar-refractivity contribution in [1.29, 1.82) is 0 Å². The molecule has 4 heteroatoms. The largest absolute Gasteiger partial charge is 0.383 e. The van der Waals surface area contributed by atoms with Crippen LogP contribution in [0.4, 0.5) is 0 Å². The lowest BCUT2D eigenvalue weighted by Gasteiger charge is -2.12. The van der Waals surface area contributed by atoms with E-state index in [2.05, 4.69) is 0 Å². The van der Waals surface area contributed by atoms with Crippen LogP contribution in [0.3, 0.4) is 0 Å². The molecule has 1 heterocycles. The average molecular weight is 157 g/mol. The maximum absolute atomic E-state index is 10.9. The Kier molecular flexibility index (Phi) is 2.59. The van der Waals surface area contributed by atoms with E-state index in [0.717, 1.165) is 0 Å². The van der Waals surface area contributed by atoms with Crippen LogP contribution in [0.1, 0.15) is 6.42 Å². The molecule has 0 aromatic carbocycles. The zero-order valence-corrected chi connectivity index (χ0v) is 6.50. The molecule has 0 aromatic rings. The summed E-state index contributed by atoms with van der Waals surface area (Å²) in [5.74, 6) is -0.0712. The summed E-state index contributed by atoms with van der Waals surface area (Å²) in [5, 5.41) is 0. The summed E-state index contributed by atoms with van der Waals surface area (Å²) in [5.41, 5.74) is 0. The summed E-state index contributed by atoms with van der Waals surface area (Å²) in [7, 11) is 1.57. The van der Waals surface area contributed by atoms with Gasteiger partial charge in [-0.2, -0.15) is 0 Å². The van der Waals surface area contributed by atoms with Gasteiger partial charge in [0.05, 0.1) is 19.6 Å². The van der Waals surface area contributed by atoms with Gasteiger partial charge >= 0.3 is 0 Å². The van der Waals surface area contributed by atoms with E-state index in [-0.39, 0.29) is 24.7 Å². The third-order valence-corrected chi connectivity index (χ3v) is 1.63. The van der Waals surface area contributed by atoms with Gasteiger partial charge in [0.1, 0.15) is 0 Å². The number of Topliss-reactive ketones (excluding diaryl/α,β-unsaturated/α-hetero) is 1. The lowest BCUT2D eigenvalue weighted by molar-refractivity contribution is -0.128. The lowest BCUT2D eigenvalue weighted by Crippen LogP contribution is -2.28. The summed E-state index contributed by atoms with van der Waals surface area (Å²) in [4.78, 5) is 23.2. The van der Waals surface area contributed by atoms with Gasteiger partial charge in [-0.25, -0.2) is 0 Å². The molecule has 0 unspecified atom stereocenters. The normalized spacial score (nSPS) is 18.1. The van der Waals surface area contributed by atoms with Gasteiger partial charge in [0, 0.05) is 13.7 Å². The van der Waals surface area contributed by atoms with E-state index < -0.39 is 0 Å². The number of likely N-dealkylation sites (tertiary alicyclic amines) is 1. The zero-order valence-electron chi connectivity index (χ0n) is 6.50. The van der Waals surface area contributed by atoms with Crippen LogP contribution in [-0.2, 0) is 14.3 Å². The van der Waals surface area contributed by atoms with Crippen molar-refractivity contribution in [2.75, 3.05) is 26.8 Å². The van der Waals surface area contributed by atoms with Crippen LogP contribution in [0.25, 0.3) is 0 Å². The summed E-state index contributed by atoms with van der Waals surface area (Å²) in [6, 6.07) is 0. The smallest absolute Gasteiger partial charge is 0.230 e. The van der Waals surface area contributed by atoms with Crippen molar-refractivity contribution in [3.8, 4) is 0 Å². The molecule has 0 atom stereocenters. The second-order valence-electron chi connectivity index (χ2n) is 2.52. The van der Waals surface area contributed by atoms with Crippen LogP contribution in [0.5, 0.6) is 0 Å². The third-order valence-electron chi connectivity index (χ3n) is 1.63. The minimum atomic E-state index is -0.0768. The topological polar surface area (TPSA) is 46.6 Å². The van der Waals surface area contributed by atoms with Crippen molar-refractivity contribution in [2.24, 2.45) is 0 Å². The number of ether oxygens (including phenoxy) is 1. The van der Waals surface area contributed by atoms with Gasteiger partial charge in [0.15, 0.2) is 5.78 Å². The van der Waals surface area contributed by atoms with Crippen LogP contribution in [-0.4, -0.2) is 43.4 Å². The van der Waals surface area contributed by atoms with Crippen molar-refractivity contribution in [3.05, 3.63) is 0 Å². The predicted molar refractivity (Wildman–Crippen MR) is 38.1 cm³/mol. The molecule has 4 nitrogen and oxygen atoms in total. The summed E-state index contributed by atoms with van der Waals surface area (Å²) in [6.45, 7) is 1.29. The maximum atomic E-state index is 10.9. The van der Waals surface area contributed by atoms with E-state index in [1.807, 2.05) is 0 Å². The number of hydrogen-bond acceptors (Lipinski definition) is 3. The summed E-state index contributed by atoms with van der Waals surface area (Å²) >= 11 is 0. The molecule has 0 spiro atoms. The Balaban J connectivity index is 2.34. The highest BCUT2D eigenvalue weighted by Gasteiger charge is 2.26. The SMILES string of the molecule is COCCN1CC(=O)CC1=O. The number of hydrogen-bond donors (Lipinski definition) is 0. The second kappa shape index (κ2) is 3.48. The molecule has 0 bridgehead atoms. The number of nitrogens with zero attached hydrogens (tertiary/aromatic N) is 1. The molecule has 1 aliphatic rings. The number of carbonyl (C=O) groups is 2. The van der Waals surface area contributed by atoms with Gasteiger partial charge in [-0.3, -0.25) is 9.59 Å². The standard InChI is InChI=1S/C7H11NO3/c1-11-3-2-8-5-6(9)4-7(8)10/h2-5H2,1H3. The minimum Gasteiger partial charge on any atom is -0.383 e. The molecule has 1 amide bonds. The quantitative estimate of drug-likeness (QED) is 0.515. The Morgan fingerprint density at radius 3 is 2.73 bits per heavy atom. The summed E-state index contributed by atoms with van der Waals surface area (Å²) in [6.07, 6.45) is 0.0731. The number of ketones is 1. The molecule has 1 aliphatic heterocycles. The van der Waals surface area contributed by atoms with Gasteiger partial charge < -0.3 is 9.64 Å². The molecule has 0 radical (unpaired) electrons. The summed E-state index contributed by atoms with van der Waals surface area (Å²) < 4.78 is 4.78. The third kappa shape index (κ3) is 2.01. The highest BCUT2D eigenvalue weighted by Crippen LogP contribution is 2.04. The molecule has 11 heavy (non-hydrogen) atoms. The van der Waals surface area contributed by atoms with Crippen LogP contribution < -0.4 is 0 Å². The molecular formula is C7H11NO3. The van der Waals surface area contributed by atoms with Gasteiger partial charge in [0.2, 0.25) is 5.91 Å². The van der Waals surface area contributed by atoms with Crippen molar-refractivity contribution in [3.63, 3.8) is 0 Å². The number of rotatable bonds is 3. The fourth-order valence-electron chi connectivity index (χ4n) is 1.04. The zero-order chi connectivity index (χ0) is 8.27. The molecule has 0 saturated carbocycles. The van der Waals surface area contributed by atoms with Crippen molar-refractivity contribution < 1.29 is 14.3 Å². The fourth-order valence-corrected chi connectivity index (χ4v) is 1.04. The van der Waals surface area contributed by atoms with Gasteiger partial charge in [-0.15, -0.1) is 0 Å². The number of methoxy groups -OCH3 is 1. The van der Waals surface area contributed by atoms with Crippen LogP contribution in [0.15, 0.2) is 0 Å². The second-order valence-corrected chi connectivity index (χ2v) is 2.52. The Hall–Kier alpha value is -0.900. The van der Waals surface area contributed by atoms with Crippen molar-refractivity contribution in [1.82, 2.24) is 4.90 Å². The molecular weight excluding hydrogens is 146 g/mol. The van der Waals surface area contributed by atoms with E-state index in [1.165, 1.54) is 4.90 Å². The van der Waals surface area contributed by atoms with E-state index in [0.29, 0.717) is 13.2 Å². The first kappa shape index (κ1) is 8.20. The first-order valence-corrected chi connectivity index (χ1v) is 3.52. The Bertz CT molecular complexity index is 179. The first-order valence-electron chi connectivity index (χ1n) is 3.52. The molecule has 0 aliphatic carbocycles. The van der Waals surface area contributed by atoms with Crippen LogP contribution in [0, 0.1) is 0 Å². The Morgan fingerprint density at radius 1 is 1.55 bits per heavy atom. The van der Waals surface area contributed by atoms with E-state index in [4.69, 9.17) is 4.74 Å². The highest BCUT2D eigenvalue weighted by atomic mass is 16.5. The Labute approximate surface area is 65.1 Å². The van der Waals surface area contributed by atoms with E-state index in [9.17, 15) is 9.59 Å². The molecule has 1 rings (SSSR count). The van der Waals surface area contributed by atoms with Crippen LogP contribution >= 0.6 is 0 Å². The van der Waals surface area contributed by atoms with Crippen molar-refractivity contribution >= 4 is 11.7 Å². The van der Waals surface area contributed by atoms with Gasteiger partial charge in [0.25, 0.3) is 0 Å². The molecule has 1 fully saturated rings. The minimum absolute atomic E-state index is 0.00565.